The monoisotopic (exact) mass is 456 g/mol. The van der Waals surface area contributed by atoms with Gasteiger partial charge in [-0.15, -0.1) is 0 Å². The fourth-order valence-electron chi connectivity index (χ4n) is 3.93. The molecule has 3 heterocycles. The summed E-state index contributed by atoms with van der Waals surface area (Å²) in [6.45, 7) is 4.00. The lowest BCUT2D eigenvalue weighted by molar-refractivity contribution is 0.0342. The van der Waals surface area contributed by atoms with E-state index in [1.807, 2.05) is 24.3 Å². The minimum atomic E-state index is -0.681. The Kier molecular flexibility index (Phi) is 5.50. The van der Waals surface area contributed by atoms with Crippen LogP contribution in [0, 0.1) is 11.6 Å². The van der Waals surface area contributed by atoms with Crippen molar-refractivity contribution in [3.63, 3.8) is 0 Å². The molecule has 0 spiro atoms. The fourth-order valence-corrected chi connectivity index (χ4v) is 4.16. The van der Waals surface area contributed by atoms with Gasteiger partial charge in [0.2, 0.25) is 0 Å². The number of nitrogens with zero attached hydrogens (tertiary/aromatic N) is 3. The topological polar surface area (TPSA) is 63.1 Å². The van der Waals surface area contributed by atoms with Crippen molar-refractivity contribution in [1.82, 2.24) is 19.7 Å². The number of morpholine rings is 1. The predicted molar refractivity (Wildman–Crippen MR) is 118 cm³/mol. The zero-order chi connectivity index (χ0) is 22.2. The summed E-state index contributed by atoms with van der Waals surface area (Å²) in [7, 11) is 0. The summed E-state index contributed by atoms with van der Waals surface area (Å²) in [6.07, 6.45) is 1.32. The second-order valence-corrected chi connectivity index (χ2v) is 8.04. The minimum absolute atomic E-state index is 0.127. The van der Waals surface area contributed by atoms with Crippen LogP contribution in [0.1, 0.15) is 5.56 Å². The smallest absolute Gasteiger partial charge is 0.259 e. The predicted octanol–water partition coefficient (Wildman–Crippen LogP) is 4.14. The van der Waals surface area contributed by atoms with Gasteiger partial charge in [0.1, 0.15) is 28.5 Å². The van der Waals surface area contributed by atoms with Crippen LogP contribution in [0.4, 0.5) is 8.78 Å². The molecule has 0 radical (unpaired) electrons. The van der Waals surface area contributed by atoms with Crippen LogP contribution in [0.2, 0.25) is 5.02 Å². The lowest BCUT2D eigenvalue weighted by Gasteiger charge is -2.26. The quantitative estimate of drug-likeness (QED) is 0.501. The van der Waals surface area contributed by atoms with Crippen LogP contribution in [-0.2, 0) is 11.3 Å². The maximum absolute atomic E-state index is 14.5. The number of aromatic nitrogens is 3. The van der Waals surface area contributed by atoms with Gasteiger partial charge in [-0.2, -0.15) is 5.10 Å². The Morgan fingerprint density at radius 1 is 1.09 bits per heavy atom. The van der Waals surface area contributed by atoms with Crippen LogP contribution in [0.5, 0.6) is 0 Å². The molecule has 0 atom stereocenters. The molecule has 1 aliphatic heterocycles. The molecule has 4 aromatic rings. The van der Waals surface area contributed by atoms with Gasteiger partial charge in [-0.1, -0.05) is 35.9 Å². The SMILES string of the molecule is O=c1[nH]cc(Cl)c2c1c(-c1ccc(CN3CCOCC3)cc1)nn2-c1cc(F)ccc1F. The van der Waals surface area contributed by atoms with E-state index in [1.54, 1.807) is 0 Å². The number of hydrogen-bond donors (Lipinski definition) is 1. The maximum atomic E-state index is 14.5. The number of ether oxygens (including phenoxy) is 1. The molecule has 2 aromatic carbocycles. The number of fused-ring (bicyclic) bond motifs is 1. The van der Waals surface area contributed by atoms with Crippen LogP contribution < -0.4 is 5.56 Å². The first kappa shape index (κ1) is 20.8. The average molecular weight is 457 g/mol. The number of pyridine rings is 1. The van der Waals surface area contributed by atoms with Gasteiger partial charge in [0, 0.05) is 37.5 Å². The number of benzene rings is 2. The fraction of sp³-hybridized carbons (Fsp3) is 0.217. The first-order valence-electron chi connectivity index (χ1n) is 10.2. The summed E-state index contributed by atoms with van der Waals surface area (Å²) in [5.41, 5.74) is 1.79. The second kappa shape index (κ2) is 8.46. The zero-order valence-electron chi connectivity index (χ0n) is 16.9. The highest BCUT2D eigenvalue weighted by molar-refractivity contribution is 6.35. The van der Waals surface area contributed by atoms with Gasteiger partial charge >= 0.3 is 0 Å². The van der Waals surface area contributed by atoms with Gasteiger partial charge in [-0.05, 0) is 17.7 Å². The Labute approximate surface area is 187 Å². The highest BCUT2D eigenvalue weighted by Crippen LogP contribution is 2.32. The summed E-state index contributed by atoms with van der Waals surface area (Å²) < 4.78 is 35.0. The van der Waals surface area contributed by atoms with Crippen molar-refractivity contribution in [2.45, 2.75) is 6.54 Å². The number of rotatable bonds is 4. The summed E-state index contributed by atoms with van der Waals surface area (Å²) in [5.74, 6) is -1.31. The molecule has 0 saturated carbocycles. The normalized spacial score (nSPS) is 14.8. The second-order valence-electron chi connectivity index (χ2n) is 7.63. The van der Waals surface area contributed by atoms with Crippen molar-refractivity contribution in [3.8, 4) is 16.9 Å². The molecule has 1 N–H and O–H groups in total. The molecule has 9 heteroatoms. The number of H-pyrrole nitrogens is 1. The molecule has 1 saturated heterocycles. The van der Waals surface area contributed by atoms with Gasteiger partial charge < -0.3 is 9.72 Å². The van der Waals surface area contributed by atoms with Gasteiger partial charge in [0.05, 0.1) is 23.6 Å². The van der Waals surface area contributed by atoms with Crippen LogP contribution in [0.15, 0.2) is 53.5 Å². The third-order valence-electron chi connectivity index (χ3n) is 5.54. The van der Waals surface area contributed by atoms with E-state index >= 15 is 0 Å². The average Bonchev–Trinajstić information content (AvgIpc) is 3.21. The molecule has 5 rings (SSSR count). The van der Waals surface area contributed by atoms with Crippen molar-refractivity contribution < 1.29 is 13.5 Å². The first-order valence-corrected chi connectivity index (χ1v) is 10.5. The van der Waals surface area contributed by atoms with Crippen molar-refractivity contribution >= 4 is 22.5 Å². The van der Waals surface area contributed by atoms with Crippen LogP contribution >= 0.6 is 11.6 Å². The molecule has 6 nitrogen and oxygen atoms in total. The lowest BCUT2D eigenvalue weighted by atomic mass is 10.1. The van der Waals surface area contributed by atoms with Crippen molar-refractivity contribution in [2.75, 3.05) is 26.3 Å². The van der Waals surface area contributed by atoms with E-state index < -0.39 is 17.2 Å². The molecule has 1 fully saturated rings. The summed E-state index contributed by atoms with van der Waals surface area (Å²) >= 11 is 6.35. The molecule has 0 unspecified atom stereocenters. The van der Waals surface area contributed by atoms with Crippen molar-refractivity contribution in [1.29, 1.82) is 0 Å². The molecular weight excluding hydrogens is 438 g/mol. The first-order chi connectivity index (χ1) is 15.5. The number of nitrogens with one attached hydrogen (secondary N) is 1. The van der Waals surface area contributed by atoms with Crippen LogP contribution in [0.3, 0.4) is 0 Å². The van der Waals surface area contributed by atoms with E-state index in [9.17, 15) is 13.6 Å². The summed E-state index contributed by atoms with van der Waals surface area (Å²) in [4.78, 5) is 17.6. The Morgan fingerprint density at radius 3 is 2.59 bits per heavy atom. The van der Waals surface area contributed by atoms with Gasteiger partial charge in [-0.25, -0.2) is 13.5 Å². The van der Waals surface area contributed by atoms with E-state index in [0.29, 0.717) is 11.3 Å². The number of halogens is 3. The third kappa shape index (κ3) is 3.81. The van der Waals surface area contributed by atoms with E-state index in [2.05, 4.69) is 15.0 Å². The van der Waals surface area contributed by atoms with E-state index in [-0.39, 0.29) is 21.6 Å². The lowest BCUT2D eigenvalue weighted by Crippen LogP contribution is -2.35. The van der Waals surface area contributed by atoms with E-state index in [1.165, 1.54) is 10.9 Å². The van der Waals surface area contributed by atoms with E-state index in [4.69, 9.17) is 16.3 Å². The molecule has 164 valence electrons. The van der Waals surface area contributed by atoms with Crippen LogP contribution in [-0.4, -0.2) is 46.0 Å². The van der Waals surface area contributed by atoms with Crippen LogP contribution in [0.25, 0.3) is 27.8 Å². The highest BCUT2D eigenvalue weighted by atomic mass is 35.5. The largest absolute Gasteiger partial charge is 0.379 e. The number of hydrogen-bond acceptors (Lipinski definition) is 4. The molecule has 0 bridgehead atoms. The standard InChI is InChI=1S/C23H19ClF2N4O2/c24-17-12-27-23(31)20-21(28-30(22(17)20)19-11-16(25)5-6-18(19)26)15-3-1-14(2-4-15)13-29-7-9-32-10-8-29/h1-6,11-12H,7-10,13H2,(H,27,31). The Hall–Kier alpha value is -3.07. The van der Waals surface area contributed by atoms with Gasteiger partial charge in [0.25, 0.3) is 5.56 Å². The Bertz CT molecular complexity index is 1340. The molecule has 1 aliphatic rings. The highest BCUT2D eigenvalue weighted by Gasteiger charge is 2.21. The maximum Gasteiger partial charge on any atom is 0.259 e. The van der Waals surface area contributed by atoms with Gasteiger partial charge in [0.15, 0.2) is 0 Å². The Balaban J connectivity index is 1.61. The molecule has 0 amide bonds. The zero-order valence-corrected chi connectivity index (χ0v) is 17.7. The van der Waals surface area contributed by atoms with Crippen molar-refractivity contribution in [2.24, 2.45) is 0 Å². The van der Waals surface area contributed by atoms with E-state index in [0.717, 1.165) is 56.6 Å². The third-order valence-corrected chi connectivity index (χ3v) is 5.83. The molecule has 32 heavy (non-hydrogen) atoms. The molecular formula is C23H19ClF2N4O2. The van der Waals surface area contributed by atoms with Crippen molar-refractivity contribution in [3.05, 3.63) is 81.2 Å². The minimum Gasteiger partial charge on any atom is -0.379 e. The summed E-state index contributed by atoms with van der Waals surface area (Å²) in [5, 5.41) is 4.86. The molecule has 2 aromatic heterocycles. The molecule has 0 aliphatic carbocycles. The van der Waals surface area contributed by atoms with Gasteiger partial charge in [-0.3, -0.25) is 9.69 Å². The number of aromatic amines is 1. The Morgan fingerprint density at radius 2 is 1.84 bits per heavy atom. The summed E-state index contributed by atoms with van der Waals surface area (Å²) in [6, 6.07) is 10.7.